The zero-order valence-electron chi connectivity index (χ0n) is 17.6. The lowest BCUT2D eigenvalue weighted by Gasteiger charge is -2.23. The van der Waals surface area contributed by atoms with E-state index in [-0.39, 0.29) is 25.1 Å². The van der Waals surface area contributed by atoms with Crippen LogP contribution in [0.4, 0.5) is 5.13 Å². The highest BCUT2D eigenvalue weighted by atomic mass is 35.5. The molecule has 1 aliphatic rings. The van der Waals surface area contributed by atoms with Gasteiger partial charge in [0.1, 0.15) is 0 Å². The second kappa shape index (κ2) is 10.6. The van der Waals surface area contributed by atoms with Gasteiger partial charge in [-0.05, 0) is 49.0 Å². The monoisotopic (exact) mass is 459 g/mol. The number of hydrogen-bond acceptors (Lipinski definition) is 6. The molecule has 0 radical (unpaired) electrons. The second-order valence-electron chi connectivity index (χ2n) is 6.93. The maximum absolute atomic E-state index is 13.1. The molecule has 0 N–H and O–H groups in total. The number of benzene rings is 2. The number of ether oxygens (including phenoxy) is 2. The van der Waals surface area contributed by atoms with Crippen molar-refractivity contribution in [3.63, 3.8) is 0 Å². The fraction of sp³-hybridized carbons (Fsp3) is 0.304. The molecule has 1 aliphatic heterocycles. The lowest BCUT2D eigenvalue weighted by molar-refractivity contribution is -0.114. The number of para-hydroxylation sites is 1. The summed E-state index contributed by atoms with van der Waals surface area (Å²) in [4.78, 5) is 21.9. The molecule has 0 saturated carbocycles. The fourth-order valence-electron chi connectivity index (χ4n) is 3.33. The molecule has 0 spiro atoms. The first-order valence-electron chi connectivity index (χ1n) is 10.1. The summed E-state index contributed by atoms with van der Waals surface area (Å²) in [7, 11) is 0. The molecule has 3 aromatic rings. The summed E-state index contributed by atoms with van der Waals surface area (Å²) >= 11 is 1.54. The van der Waals surface area contributed by atoms with E-state index in [1.165, 1.54) is 0 Å². The van der Waals surface area contributed by atoms with Crippen molar-refractivity contribution in [2.45, 2.75) is 13.8 Å². The number of hydrogen-bond donors (Lipinski definition) is 0. The van der Waals surface area contributed by atoms with E-state index in [0.717, 1.165) is 46.3 Å². The normalized spacial score (nSPS) is 12.5. The molecule has 0 fully saturated rings. The Bertz CT molecular complexity index is 1030. The molecule has 31 heavy (non-hydrogen) atoms. The summed E-state index contributed by atoms with van der Waals surface area (Å²) in [5, 5.41) is 0.726. The van der Waals surface area contributed by atoms with E-state index < -0.39 is 0 Å². The Kier molecular flexibility index (Phi) is 7.90. The van der Waals surface area contributed by atoms with E-state index in [9.17, 15) is 4.79 Å². The van der Waals surface area contributed by atoms with Crippen LogP contribution in [0, 0.1) is 0 Å². The Morgan fingerprint density at radius 3 is 2.65 bits per heavy atom. The quantitative estimate of drug-likeness (QED) is 0.451. The number of anilines is 1. The zero-order chi connectivity index (χ0) is 20.9. The first-order chi connectivity index (χ1) is 14.7. The Morgan fingerprint density at radius 2 is 1.87 bits per heavy atom. The smallest absolute Gasteiger partial charge is 0.252 e. The summed E-state index contributed by atoms with van der Waals surface area (Å²) in [6.45, 7) is 7.78. The summed E-state index contributed by atoms with van der Waals surface area (Å²) in [6, 6.07) is 13.6. The van der Waals surface area contributed by atoms with E-state index in [1.807, 2.05) is 48.5 Å². The second-order valence-corrected chi connectivity index (χ2v) is 7.94. The van der Waals surface area contributed by atoms with Crippen LogP contribution in [-0.4, -0.2) is 48.8 Å². The van der Waals surface area contributed by atoms with Crippen molar-refractivity contribution >= 4 is 51.1 Å². The van der Waals surface area contributed by atoms with E-state index >= 15 is 0 Å². The van der Waals surface area contributed by atoms with Crippen molar-refractivity contribution < 1.29 is 14.3 Å². The highest BCUT2D eigenvalue weighted by Crippen LogP contribution is 2.33. The van der Waals surface area contributed by atoms with Gasteiger partial charge in [0.05, 0.1) is 10.2 Å². The summed E-state index contributed by atoms with van der Waals surface area (Å²) < 4.78 is 11.8. The van der Waals surface area contributed by atoms with Gasteiger partial charge in [-0.25, -0.2) is 4.98 Å². The van der Waals surface area contributed by atoms with Gasteiger partial charge in [0, 0.05) is 19.2 Å². The minimum Gasteiger partial charge on any atom is -0.454 e. The molecular formula is C23H26ClN3O3S. The van der Waals surface area contributed by atoms with Gasteiger partial charge >= 0.3 is 0 Å². The van der Waals surface area contributed by atoms with Gasteiger partial charge in [-0.15, -0.1) is 12.4 Å². The Morgan fingerprint density at radius 1 is 1.10 bits per heavy atom. The standard InChI is InChI=1S/C23H25N3O3S.ClH/c1-3-25(4-2)13-14-26(23-24-18-7-5-6-8-21(18)30-23)22(27)12-10-17-9-11-19-20(15-17)29-16-28-19;/h5-12,15H,3-4,13-14,16H2,1-2H3;1H. The van der Waals surface area contributed by atoms with Crippen molar-refractivity contribution in [1.29, 1.82) is 0 Å². The number of rotatable bonds is 8. The first-order valence-corrected chi connectivity index (χ1v) is 11.0. The number of halogens is 1. The van der Waals surface area contributed by atoms with E-state index in [0.29, 0.717) is 12.3 Å². The maximum Gasteiger partial charge on any atom is 0.252 e. The van der Waals surface area contributed by atoms with Crippen molar-refractivity contribution in [1.82, 2.24) is 9.88 Å². The molecule has 0 unspecified atom stereocenters. The lowest BCUT2D eigenvalue weighted by atomic mass is 10.2. The number of fused-ring (bicyclic) bond motifs is 2. The van der Waals surface area contributed by atoms with Gasteiger partial charge < -0.3 is 14.4 Å². The SMILES string of the molecule is CCN(CC)CCN(C(=O)C=Cc1ccc2c(c1)OCO2)c1nc2ccccc2s1.Cl. The molecule has 6 nitrogen and oxygen atoms in total. The first kappa shape index (κ1) is 23.1. The fourth-order valence-corrected chi connectivity index (χ4v) is 4.33. The average Bonchev–Trinajstić information content (AvgIpc) is 3.41. The Labute approximate surface area is 192 Å². The molecule has 2 aromatic carbocycles. The van der Waals surface area contributed by atoms with Crippen molar-refractivity contribution in [3.8, 4) is 11.5 Å². The third kappa shape index (κ3) is 5.36. The van der Waals surface area contributed by atoms with Crippen LogP contribution < -0.4 is 14.4 Å². The molecule has 1 amide bonds. The number of carbonyl (C=O) groups is 1. The van der Waals surface area contributed by atoms with Gasteiger partial charge in [-0.3, -0.25) is 9.69 Å². The van der Waals surface area contributed by atoms with E-state index in [4.69, 9.17) is 14.5 Å². The van der Waals surface area contributed by atoms with Crippen LogP contribution in [0.3, 0.4) is 0 Å². The molecule has 0 saturated heterocycles. The van der Waals surface area contributed by atoms with Crippen LogP contribution in [0.1, 0.15) is 19.4 Å². The van der Waals surface area contributed by atoms with Crippen molar-refractivity contribution in [3.05, 3.63) is 54.1 Å². The molecule has 1 aromatic heterocycles. The molecule has 2 heterocycles. The highest BCUT2D eigenvalue weighted by molar-refractivity contribution is 7.22. The van der Waals surface area contributed by atoms with Gasteiger partial charge in [-0.1, -0.05) is 43.4 Å². The van der Waals surface area contributed by atoms with Crippen LogP contribution in [0.5, 0.6) is 11.5 Å². The highest BCUT2D eigenvalue weighted by Gasteiger charge is 2.19. The van der Waals surface area contributed by atoms with Crippen LogP contribution in [0.2, 0.25) is 0 Å². The Balaban J connectivity index is 0.00000272. The van der Waals surface area contributed by atoms with Gasteiger partial charge in [0.2, 0.25) is 6.79 Å². The predicted octanol–water partition coefficient (Wildman–Crippen LogP) is 4.84. The Hall–Kier alpha value is -2.61. The topological polar surface area (TPSA) is 54.9 Å². The van der Waals surface area contributed by atoms with Crippen LogP contribution in [0.15, 0.2) is 48.5 Å². The third-order valence-electron chi connectivity index (χ3n) is 5.13. The molecule has 0 atom stereocenters. The third-order valence-corrected chi connectivity index (χ3v) is 6.19. The van der Waals surface area contributed by atoms with Crippen molar-refractivity contribution in [2.75, 3.05) is 37.9 Å². The van der Waals surface area contributed by atoms with Crippen LogP contribution >= 0.6 is 23.7 Å². The molecule has 8 heteroatoms. The number of aromatic nitrogens is 1. The average molecular weight is 460 g/mol. The van der Waals surface area contributed by atoms with E-state index in [2.05, 4.69) is 18.7 Å². The number of likely N-dealkylation sites (N-methyl/N-ethyl adjacent to an activating group) is 1. The molecule has 0 bridgehead atoms. The molecule has 0 aliphatic carbocycles. The summed E-state index contributed by atoms with van der Waals surface area (Å²) in [5.74, 6) is 1.35. The van der Waals surface area contributed by atoms with Gasteiger partial charge in [-0.2, -0.15) is 0 Å². The molecular weight excluding hydrogens is 434 g/mol. The zero-order valence-corrected chi connectivity index (χ0v) is 19.2. The van der Waals surface area contributed by atoms with Crippen molar-refractivity contribution in [2.24, 2.45) is 0 Å². The number of amides is 1. The molecule has 4 rings (SSSR count). The molecule has 164 valence electrons. The lowest BCUT2D eigenvalue weighted by Crippen LogP contribution is -2.38. The van der Waals surface area contributed by atoms with Gasteiger partial charge in [0.15, 0.2) is 16.6 Å². The largest absolute Gasteiger partial charge is 0.454 e. The van der Waals surface area contributed by atoms with Crippen LogP contribution in [0.25, 0.3) is 16.3 Å². The van der Waals surface area contributed by atoms with Crippen LogP contribution in [-0.2, 0) is 4.79 Å². The minimum absolute atomic E-state index is 0. The number of carbonyl (C=O) groups excluding carboxylic acids is 1. The number of nitrogens with zero attached hydrogens (tertiary/aromatic N) is 3. The van der Waals surface area contributed by atoms with Gasteiger partial charge in [0.25, 0.3) is 5.91 Å². The summed E-state index contributed by atoms with van der Waals surface area (Å²) in [5.41, 5.74) is 1.80. The van der Waals surface area contributed by atoms with E-state index in [1.54, 1.807) is 22.3 Å². The predicted molar refractivity (Wildman–Crippen MR) is 129 cm³/mol. The minimum atomic E-state index is -0.0844. The summed E-state index contributed by atoms with van der Waals surface area (Å²) in [6.07, 6.45) is 3.41. The number of thiazole rings is 1. The maximum atomic E-state index is 13.1.